The van der Waals surface area contributed by atoms with Crippen LogP contribution in [-0.4, -0.2) is 47.1 Å². The van der Waals surface area contributed by atoms with E-state index >= 15 is 0 Å². The van der Waals surface area contributed by atoms with Crippen molar-refractivity contribution in [1.82, 2.24) is 14.9 Å². The first kappa shape index (κ1) is 17.1. The molecule has 140 valence electrons. The Bertz CT molecular complexity index is 911. The zero-order chi connectivity index (χ0) is 18.2. The highest BCUT2D eigenvalue weighted by Gasteiger charge is 2.27. The van der Waals surface area contributed by atoms with E-state index in [1.807, 2.05) is 24.3 Å². The van der Waals surface area contributed by atoms with Gasteiger partial charge in [-0.1, -0.05) is 23.7 Å². The normalized spacial score (nSPS) is 21.2. The van der Waals surface area contributed by atoms with Crippen LogP contribution in [0.3, 0.4) is 0 Å². The van der Waals surface area contributed by atoms with E-state index in [-0.39, 0.29) is 0 Å². The number of aromatic nitrogens is 2. The molecule has 27 heavy (non-hydrogen) atoms. The molecule has 1 N–H and O–H groups in total. The Kier molecular flexibility index (Phi) is 4.54. The minimum atomic E-state index is 0.687. The van der Waals surface area contributed by atoms with Crippen molar-refractivity contribution in [3.05, 3.63) is 47.5 Å². The summed E-state index contributed by atoms with van der Waals surface area (Å²) in [5.74, 6) is 0.844. The lowest BCUT2D eigenvalue weighted by molar-refractivity contribution is 0.215. The van der Waals surface area contributed by atoms with E-state index in [0.717, 1.165) is 40.5 Å². The van der Waals surface area contributed by atoms with E-state index in [4.69, 9.17) is 16.6 Å². The molecule has 0 amide bonds. The second-order valence-electron chi connectivity index (χ2n) is 7.75. The number of aromatic amines is 1. The van der Waals surface area contributed by atoms with Gasteiger partial charge in [0.2, 0.25) is 0 Å². The van der Waals surface area contributed by atoms with Crippen LogP contribution in [0.1, 0.15) is 25.7 Å². The molecular weight excluding hydrogens is 356 g/mol. The standard InChI is InChI=1S/C22H25ClN4/c23-19-10-9-16(27-13-5-6-17(15-27)26-11-3-4-12-26)14-18(19)22-24-20-7-1-2-8-21(20)25-22/h1-2,7-10,14,17H,3-6,11-13,15H2,(H,24,25)/t17-/m1/s1. The number of hydrogen-bond acceptors (Lipinski definition) is 3. The molecule has 0 saturated carbocycles. The van der Waals surface area contributed by atoms with E-state index in [0.29, 0.717) is 6.04 Å². The number of para-hydroxylation sites is 2. The predicted molar refractivity (Wildman–Crippen MR) is 113 cm³/mol. The molecule has 2 saturated heterocycles. The fourth-order valence-corrected chi connectivity index (χ4v) is 4.77. The third-order valence-corrected chi connectivity index (χ3v) is 6.34. The number of H-pyrrole nitrogens is 1. The molecule has 2 aliphatic heterocycles. The minimum absolute atomic E-state index is 0.687. The van der Waals surface area contributed by atoms with Crippen LogP contribution >= 0.6 is 11.6 Å². The molecule has 2 aromatic carbocycles. The number of anilines is 1. The van der Waals surface area contributed by atoms with Crippen LogP contribution in [-0.2, 0) is 0 Å². The maximum atomic E-state index is 6.54. The Balaban J connectivity index is 1.44. The zero-order valence-electron chi connectivity index (χ0n) is 15.5. The summed E-state index contributed by atoms with van der Waals surface area (Å²) in [6.07, 6.45) is 5.28. The number of benzene rings is 2. The fraction of sp³-hybridized carbons (Fsp3) is 0.409. The Hall–Kier alpha value is -2.04. The summed E-state index contributed by atoms with van der Waals surface area (Å²) < 4.78 is 0. The van der Waals surface area contributed by atoms with Gasteiger partial charge in [-0.05, 0) is 69.1 Å². The average molecular weight is 381 g/mol. The third-order valence-electron chi connectivity index (χ3n) is 6.01. The molecule has 0 radical (unpaired) electrons. The average Bonchev–Trinajstić information content (AvgIpc) is 3.38. The quantitative estimate of drug-likeness (QED) is 0.698. The van der Waals surface area contributed by atoms with Gasteiger partial charge in [-0.25, -0.2) is 4.98 Å². The SMILES string of the molecule is Clc1ccc(N2CCC[C@@H](N3CCCC3)C2)cc1-c1nc2ccccc2[nH]1. The summed E-state index contributed by atoms with van der Waals surface area (Å²) in [5, 5.41) is 0.742. The molecular formula is C22H25ClN4. The number of imidazole rings is 1. The zero-order valence-corrected chi connectivity index (χ0v) is 16.3. The third kappa shape index (κ3) is 3.32. The number of piperidine rings is 1. The summed E-state index contributed by atoms with van der Waals surface area (Å²) in [6, 6.07) is 15.2. The molecule has 0 bridgehead atoms. The predicted octanol–water partition coefficient (Wildman–Crippen LogP) is 4.95. The Labute approximate surface area is 165 Å². The Morgan fingerprint density at radius 2 is 1.85 bits per heavy atom. The van der Waals surface area contributed by atoms with Crippen molar-refractivity contribution in [1.29, 1.82) is 0 Å². The highest BCUT2D eigenvalue weighted by Crippen LogP contribution is 2.33. The molecule has 2 fully saturated rings. The second-order valence-corrected chi connectivity index (χ2v) is 8.16. The fourth-order valence-electron chi connectivity index (χ4n) is 4.57. The largest absolute Gasteiger partial charge is 0.370 e. The number of hydrogen-bond donors (Lipinski definition) is 1. The van der Waals surface area contributed by atoms with Crippen molar-refractivity contribution < 1.29 is 0 Å². The number of fused-ring (bicyclic) bond motifs is 1. The van der Waals surface area contributed by atoms with Crippen LogP contribution in [0.5, 0.6) is 0 Å². The molecule has 0 spiro atoms. The van der Waals surface area contributed by atoms with E-state index in [1.54, 1.807) is 0 Å². The first-order valence-electron chi connectivity index (χ1n) is 10.0. The van der Waals surface area contributed by atoms with Gasteiger partial charge in [0.05, 0.1) is 16.1 Å². The molecule has 5 rings (SSSR count). The van der Waals surface area contributed by atoms with Gasteiger partial charge >= 0.3 is 0 Å². The summed E-state index contributed by atoms with van der Waals surface area (Å²) in [6.45, 7) is 4.76. The molecule has 4 nitrogen and oxygen atoms in total. The highest BCUT2D eigenvalue weighted by molar-refractivity contribution is 6.33. The molecule has 5 heteroatoms. The molecule has 3 aromatic rings. The summed E-state index contributed by atoms with van der Waals surface area (Å²) >= 11 is 6.54. The molecule has 2 aliphatic rings. The van der Waals surface area contributed by atoms with Gasteiger partial charge in [-0.2, -0.15) is 0 Å². The van der Waals surface area contributed by atoms with E-state index < -0.39 is 0 Å². The molecule has 0 unspecified atom stereocenters. The van der Waals surface area contributed by atoms with Gasteiger partial charge in [0.1, 0.15) is 5.82 Å². The highest BCUT2D eigenvalue weighted by atomic mass is 35.5. The van der Waals surface area contributed by atoms with Gasteiger partial charge < -0.3 is 9.88 Å². The van der Waals surface area contributed by atoms with Gasteiger partial charge in [0.25, 0.3) is 0 Å². The Morgan fingerprint density at radius 1 is 1.00 bits per heavy atom. The first-order chi connectivity index (χ1) is 13.3. The molecule has 0 aliphatic carbocycles. The number of nitrogens with zero attached hydrogens (tertiary/aromatic N) is 3. The van der Waals surface area contributed by atoms with Gasteiger partial charge in [0.15, 0.2) is 0 Å². The molecule has 1 aromatic heterocycles. The van der Waals surface area contributed by atoms with Crippen molar-refractivity contribution in [3.63, 3.8) is 0 Å². The minimum Gasteiger partial charge on any atom is -0.370 e. The number of nitrogens with one attached hydrogen (secondary N) is 1. The Morgan fingerprint density at radius 3 is 2.70 bits per heavy atom. The number of rotatable bonds is 3. The van der Waals surface area contributed by atoms with E-state index in [9.17, 15) is 0 Å². The van der Waals surface area contributed by atoms with Crippen molar-refractivity contribution in [2.75, 3.05) is 31.1 Å². The van der Waals surface area contributed by atoms with Crippen molar-refractivity contribution in [3.8, 4) is 11.4 Å². The number of halogens is 1. The number of likely N-dealkylation sites (tertiary alicyclic amines) is 1. The van der Waals surface area contributed by atoms with Crippen LogP contribution < -0.4 is 4.90 Å². The summed E-state index contributed by atoms with van der Waals surface area (Å²) in [7, 11) is 0. The smallest absolute Gasteiger partial charge is 0.140 e. The topological polar surface area (TPSA) is 35.2 Å². The van der Waals surface area contributed by atoms with Gasteiger partial charge in [-0.15, -0.1) is 0 Å². The van der Waals surface area contributed by atoms with Crippen LogP contribution in [0, 0.1) is 0 Å². The van der Waals surface area contributed by atoms with Gasteiger partial charge in [0, 0.05) is 30.4 Å². The molecule has 3 heterocycles. The maximum absolute atomic E-state index is 6.54. The van der Waals surface area contributed by atoms with E-state index in [1.165, 1.54) is 44.5 Å². The monoisotopic (exact) mass is 380 g/mol. The summed E-state index contributed by atoms with van der Waals surface area (Å²) in [5.41, 5.74) is 4.24. The maximum Gasteiger partial charge on any atom is 0.140 e. The van der Waals surface area contributed by atoms with Crippen LogP contribution in [0.15, 0.2) is 42.5 Å². The van der Waals surface area contributed by atoms with Gasteiger partial charge in [-0.3, -0.25) is 4.90 Å². The van der Waals surface area contributed by atoms with Crippen LogP contribution in [0.25, 0.3) is 22.4 Å². The van der Waals surface area contributed by atoms with Crippen molar-refractivity contribution in [2.45, 2.75) is 31.7 Å². The lowest BCUT2D eigenvalue weighted by Gasteiger charge is -2.39. The van der Waals surface area contributed by atoms with Crippen LogP contribution in [0.2, 0.25) is 5.02 Å². The lowest BCUT2D eigenvalue weighted by Crippen LogP contribution is -2.47. The second kappa shape index (κ2) is 7.17. The van der Waals surface area contributed by atoms with Crippen molar-refractivity contribution in [2.24, 2.45) is 0 Å². The van der Waals surface area contributed by atoms with E-state index in [2.05, 4.69) is 33.0 Å². The summed E-state index contributed by atoms with van der Waals surface area (Å²) in [4.78, 5) is 13.4. The van der Waals surface area contributed by atoms with Crippen molar-refractivity contribution >= 4 is 28.3 Å². The lowest BCUT2D eigenvalue weighted by atomic mass is 10.0. The van der Waals surface area contributed by atoms with Crippen LogP contribution in [0.4, 0.5) is 5.69 Å². The first-order valence-corrected chi connectivity index (χ1v) is 10.4. The molecule has 1 atom stereocenters.